The van der Waals surface area contributed by atoms with Crippen LogP contribution in [0.4, 0.5) is 11.5 Å². The highest BCUT2D eigenvalue weighted by molar-refractivity contribution is 5.84. The number of rotatable bonds is 3. The number of nitrogens with zero attached hydrogens (tertiary/aromatic N) is 3. The molecule has 0 saturated carbocycles. The van der Waals surface area contributed by atoms with E-state index >= 15 is 0 Å². The molecule has 0 aromatic carbocycles. The summed E-state index contributed by atoms with van der Waals surface area (Å²) >= 11 is 0. The Morgan fingerprint density at radius 3 is 3.00 bits per heavy atom. The summed E-state index contributed by atoms with van der Waals surface area (Å²) in [5, 5.41) is 13.8. The monoisotopic (exact) mass is 265 g/mol. The Hall–Kier alpha value is -2.22. The normalized spacial score (nSPS) is 19.2. The number of nitro groups is 1. The maximum absolute atomic E-state index is 11.4. The smallest absolute Gasteiger partial charge is 0.290 e. The number of hydrogen-bond donors (Lipinski definition) is 2. The third kappa shape index (κ3) is 2.63. The molecule has 8 nitrogen and oxygen atoms in total. The lowest BCUT2D eigenvalue weighted by atomic mass is 10.1. The maximum Gasteiger partial charge on any atom is 0.290 e. The van der Waals surface area contributed by atoms with Crippen LogP contribution < -0.4 is 16.0 Å². The van der Waals surface area contributed by atoms with Crippen LogP contribution in [0.1, 0.15) is 5.56 Å². The van der Waals surface area contributed by atoms with Crippen LogP contribution in [0.15, 0.2) is 12.3 Å². The number of carbonyl (C=O) groups excluding carboxylic acids is 1. The Labute approximate surface area is 109 Å². The van der Waals surface area contributed by atoms with Gasteiger partial charge in [0.2, 0.25) is 5.91 Å². The highest BCUT2D eigenvalue weighted by Crippen LogP contribution is 2.23. The summed E-state index contributed by atoms with van der Waals surface area (Å²) in [7, 11) is 0. The van der Waals surface area contributed by atoms with Gasteiger partial charge in [0.15, 0.2) is 0 Å². The Morgan fingerprint density at radius 2 is 2.42 bits per heavy atom. The summed E-state index contributed by atoms with van der Waals surface area (Å²) in [4.78, 5) is 27.5. The Bertz CT molecular complexity index is 519. The van der Waals surface area contributed by atoms with E-state index in [1.54, 1.807) is 17.9 Å². The van der Waals surface area contributed by atoms with Crippen LogP contribution in [-0.4, -0.2) is 41.5 Å². The second-order valence-electron chi connectivity index (χ2n) is 4.40. The highest BCUT2D eigenvalue weighted by Gasteiger charge is 2.28. The number of nitrogens with one attached hydrogen (secondary N) is 1. The van der Waals surface area contributed by atoms with Crippen LogP contribution in [0, 0.1) is 17.0 Å². The second-order valence-corrected chi connectivity index (χ2v) is 4.40. The molecule has 1 aromatic heterocycles. The predicted molar refractivity (Wildman–Crippen MR) is 68.8 cm³/mol. The van der Waals surface area contributed by atoms with Crippen molar-refractivity contribution in [3.63, 3.8) is 0 Å². The third-order valence-electron chi connectivity index (χ3n) is 3.13. The molecule has 2 rings (SSSR count). The minimum absolute atomic E-state index is 0.0329. The minimum atomic E-state index is -0.484. The zero-order valence-corrected chi connectivity index (χ0v) is 10.5. The molecule has 1 aliphatic rings. The van der Waals surface area contributed by atoms with Gasteiger partial charge in [-0.1, -0.05) is 0 Å². The summed E-state index contributed by atoms with van der Waals surface area (Å²) in [6.07, 6.45) is 1.21. The molecule has 1 amide bonds. The number of hydrogen-bond acceptors (Lipinski definition) is 6. The molecule has 102 valence electrons. The quantitative estimate of drug-likeness (QED) is 0.565. The molecule has 1 unspecified atom stereocenters. The fraction of sp³-hybridized carbons (Fsp3) is 0.455. The van der Waals surface area contributed by atoms with Crippen LogP contribution in [-0.2, 0) is 4.79 Å². The minimum Gasteiger partial charge on any atom is -0.368 e. The number of aryl methyl sites for hydroxylation is 1. The Kier molecular flexibility index (Phi) is 3.61. The summed E-state index contributed by atoms with van der Waals surface area (Å²) in [6.45, 7) is 3.39. The summed E-state index contributed by atoms with van der Waals surface area (Å²) in [6, 6.07) is 1.13. The van der Waals surface area contributed by atoms with Crippen LogP contribution in [0.2, 0.25) is 0 Å². The average Bonchev–Trinajstić information content (AvgIpc) is 2.38. The molecule has 8 heteroatoms. The van der Waals surface area contributed by atoms with Gasteiger partial charge >= 0.3 is 0 Å². The molecule has 1 saturated heterocycles. The number of piperazine rings is 1. The number of aromatic nitrogens is 1. The van der Waals surface area contributed by atoms with Crippen molar-refractivity contribution in [2.75, 3.05) is 24.5 Å². The SMILES string of the molecule is Cc1cc(N2CCNCC2C(N)=O)ncc1[N+](=O)[O-]. The molecule has 19 heavy (non-hydrogen) atoms. The first kappa shape index (κ1) is 13.2. The van der Waals surface area contributed by atoms with E-state index in [0.29, 0.717) is 31.0 Å². The number of amides is 1. The first-order valence-corrected chi connectivity index (χ1v) is 5.88. The number of primary amides is 1. The molecule has 1 atom stereocenters. The van der Waals surface area contributed by atoms with E-state index in [-0.39, 0.29) is 5.69 Å². The average molecular weight is 265 g/mol. The van der Waals surface area contributed by atoms with Gasteiger partial charge in [0.05, 0.1) is 4.92 Å². The van der Waals surface area contributed by atoms with E-state index in [2.05, 4.69) is 10.3 Å². The van der Waals surface area contributed by atoms with Gasteiger partial charge in [-0.3, -0.25) is 14.9 Å². The molecule has 2 heterocycles. The zero-order valence-electron chi connectivity index (χ0n) is 10.5. The molecule has 1 aliphatic heterocycles. The van der Waals surface area contributed by atoms with E-state index in [9.17, 15) is 14.9 Å². The maximum atomic E-state index is 11.4. The summed E-state index contributed by atoms with van der Waals surface area (Å²) in [5.41, 5.74) is 5.83. The van der Waals surface area contributed by atoms with Crippen molar-refractivity contribution >= 4 is 17.4 Å². The van der Waals surface area contributed by atoms with Gasteiger partial charge in [-0.25, -0.2) is 4.98 Å². The Balaban J connectivity index is 2.32. The lowest BCUT2D eigenvalue weighted by molar-refractivity contribution is -0.385. The van der Waals surface area contributed by atoms with Crippen molar-refractivity contribution < 1.29 is 9.72 Å². The van der Waals surface area contributed by atoms with E-state index in [0.717, 1.165) is 0 Å². The Morgan fingerprint density at radius 1 is 1.68 bits per heavy atom. The van der Waals surface area contributed by atoms with Crippen LogP contribution in [0.3, 0.4) is 0 Å². The molecule has 0 bridgehead atoms. The van der Waals surface area contributed by atoms with Gasteiger partial charge in [-0.2, -0.15) is 0 Å². The molecular weight excluding hydrogens is 250 g/mol. The molecule has 0 radical (unpaired) electrons. The topological polar surface area (TPSA) is 114 Å². The number of nitrogens with two attached hydrogens (primary N) is 1. The largest absolute Gasteiger partial charge is 0.368 e. The molecule has 3 N–H and O–H groups in total. The van der Waals surface area contributed by atoms with Crippen molar-refractivity contribution in [2.45, 2.75) is 13.0 Å². The van der Waals surface area contributed by atoms with Crippen molar-refractivity contribution in [3.05, 3.63) is 27.9 Å². The van der Waals surface area contributed by atoms with Crippen molar-refractivity contribution in [2.24, 2.45) is 5.73 Å². The molecular formula is C11H15N5O3. The molecule has 1 aromatic rings. The molecule has 0 spiro atoms. The van der Waals surface area contributed by atoms with Crippen LogP contribution >= 0.6 is 0 Å². The van der Waals surface area contributed by atoms with E-state index in [1.807, 2.05) is 0 Å². The van der Waals surface area contributed by atoms with Gasteiger partial charge < -0.3 is 16.0 Å². The van der Waals surface area contributed by atoms with Crippen molar-refractivity contribution in [1.82, 2.24) is 10.3 Å². The zero-order chi connectivity index (χ0) is 14.0. The molecule has 0 aliphatic carbocycles. The van der Waals surface area contributed by atoms with E-state index in [1.165, 1.54) is 6.20 Å². The predicted octanol–water partition coefficient (Wildman–Crippen LogP) is -0.438. The van der Waals surface area contributed by atoms with Crippen molar-refractivity contribution in [1.29, 1.82) is 0 Å². The third-order valence-corrected chi connectivity index (χ3v) is 3.13. The second kappa shape index (κ2) is 5.19. The van der Waals surface area contributed by atoms with E-state index < -0.39 is 16.9 Å². The van der Waals surface area contributed by atoms with Gasteiger partial charge in [-0.15, -0.1) is 0 Å². The van der Waals surface area contributed by atoms with Crippen LogP contribution in [0.25, 0.3) is 0 Å². The number of anilines is 1. The fourth-order valence-corrected chi connectivity index (χ4v) is 2.11. The lowest BCUT2D eigenvalue weighted by Crippen LogP contribution is -2.57. The number of carbonyl (C=O) groups is 1. The lowest BCUT2D eigenvalue weighted by Gasteiger charge is -2.35. The fourth-order valence-electron chi connectivity index (χ4n) is 2.11. The summed E-state index contributed by atoms with van der Waals surface area (Å²) in [5.74, 6) is 0.0957. The van der Waals surface area contributed by atoms with Crippen LogP contribution in [0.5, 0.6) is 0 Å². The standard InChI is InChI=1S/C11H15N5O3/c1-7-4-10(14-6-8(7)16(18)19)15-3-2-13-5-9(15)11(12)17/h4,6,9,13H,2-3,5H2,1H3,(H2,12,17). The number of pyridine rings is 1. The molecule has 1 fully saturated rings. The van der Waals surface area contributed by atoms with Gasteiger partial charge in [0.25, 0.3) is 5.69 Å². The highest BCUT2D eigenvalue weighted by atomic mass is 16.6. The first-order valence-electron chi connectivity index (χ1n) is 5.88. The van der Waals surface area contributed by atoms with Gasteiger partial charge in [0.1, 0.15) is 18.1 Å². The van der Waals surface area contributed by atoms with Gasteiger partial charge in [0, 0.05) is 25.2 Å². The first-order chi connectivity index (χ1) is 9.00. The van der Waals surface area contributed by atoms with Gasteiger partial charge in [-0.05, 0) is 13.0 Å². The summed E-state index contributed by atoms with van der Waals surface area (Å²) < 4.78 is 0. The van der Waals surface area contributed by atoms with Crippen molar-refractivity contribution in [3.8, 4) is 0 Å². The van der Waals surface area contributed by atoms with E-state index in [4.69, 9.17) is 5.73 Å².